The van der Waals surface area contributed by atoms with Crippen molar-refractivity contribution in [3.63, 3.8) is 0 Å². The number of hydrogen-bond acceptors (Lipinski definition) is 4. The number of aliphatic hydroxyl groups excluding tert-OH is 1. The third-order valence-electron chi connectivity index (χ3n) is 0.673. The van der Waals surface area contributed by atoms with Gasteiger partial charge in [-0.2, -0.15) is 0 Å². The number of ether oxygens (including phenoxy) is 1. The first-order valence-electron chi connectivity index (χ1n) is 3.90. The molecule has 0 heterocycles. The average molecular weight is 218 g/mol. The minimum Gasteiger partial charge on any atom is -0.460 e. The lowest BCUT2D eigenvalue weighted by atomic mass is 10.4. The molecule has 0 saturated heterocycles. The smallest absolute Gasteiger partial charge is 0.333 e. The first-order chi connectivity index (χ1) is 6.91. The van der Waals surface area contributed by atoms with E-state index in [9.17, 15) is 4.79 Å². The van der Waals surface area contributed by atoms with Crippen LogP contribution in [0, 0.1) is 0 Å². The van der Waals surface area contributed by atoms with Crippen LogP contribution < -0.4 is 11.5 Å². The van der Waals surface area contributed by atoms with E-state index in [2.05, 4.69) is 35.9 Å². The number of amides is 2. The van der Waals surface area contributed by atoms with Gasteiger partial charge in [-0.25, -0.2) is 9.59 Å². The van der Waals surface area contributed by atoms with Gasteiger partial charge in [-0.3, -0.25) is 0 Å². The van der Waals surface area contributed by atoms with Gasteiger partial charge in [0.1, 0.15) is 6.61 Å². The van der Waals surface area contributed by atoms with Gasteiger partial charge in [-0.05, 0) is 6.92 Å². The van der Waals surface area contributed by atoms with E-state index in [-0.39, 0.29) is 13.2 Å². The first kappa shape index (κ1) is 18.9. The molecule has 0 unspecified atom stereocenters. The molecule has 6 nitrogen and oxygen atoms in total. The summed E-state index contributed by atoms with van der Waals surface area (Å²) < 4.78 is 4.46. The SMILES string of the molecule is C=C.C=C(C)C(=O)OCCO.NC(N)=O. The molecule has 88 valence electrons. The molecule has 2 amide bonds. The van der Waals surface area contributed by atoms with Crippen molar-refractivity contribution >= 4 is 12.0 Å². The number of carbonyl (C=O) groups is 2. The van der Waals surface area contributed by atoms with Gasteiger partial charge in [-0.15, -0.1) is 13.2 Å². The van der Waals surface area contributed by atoms with Crippen molar-refractivity contribution in [1.82, 2.24) is 0 Å². The van der Waals surface area contributed by atoms with Crippen LogP contribution in [0.2, 0.25) is 0 Å². The van der Waals surface area contributed by atoms with Gasteiger partial charge in [0.05, 0.1) is 6.61 Å². The summed E-state index contributed by atoms with van der Waals surface area (Å²) in [4.78, 5) is 19.5. The van der Waals surface area contributed by atoms with E-state index < -0.39 is 12.0 Å². The third kappa shape index (κ3) is 33.0. The Hall–Kier alpha value is -1.82. The summed E-state index contributed by atoms with van der Waals surface area (Å²) in [5.41, 5.74) is 8.85. The number of primary amides is 2. The van der Waals surface area contributed by atoms with Crippen molar-refractivity contribution < 1.29 is 19.4 Å². The Morgan fingerprint density at radius 2 is 1.67 bits per heavy atom. The van der Waals surface area contributed by atoms with Crippen LogP contribution in [0.1, 0.15) is 6.92 Å². The number of esters is 1. The zero-order chi connectivity index (χ0) is 12.9. The van der Waals surface area contributed by atoms with Crippen molar-refractivity contribution in [1.29, 1.82) is 0 Å². The molecule has 0 aromatic heterocycles. The summed E-state index contributed by atoms with van der Waals surface area (Å²) in [6, 6.07) is -0.833. The summed E-state index contributed by atoms with van der Waals surface area (Å²) in [6.45, 7) is 10.8. The second-order valence-corrected chi connectivity index (χ2v) is 2.04. The molecule has 6 heteroatoms. The molecule has 0 saturated carbocycles. The Bertz CT molecular complexity index is 200. The van der Waals surface area contributed by atoms with E-state index >= 15 is 0 Å². The van der Waals surface area contributed by atoms with Crippen molar-refractivity contribution in [3.8, 4) is 0 Å². The van der Waals surface area contributed by atoms with E-state index in [0.29, 0.717) is 5.57 Å². The number of carbonyl (C=O) groups excluding carboxylic acids is 2. The summed E-state index contributed by atoms with van der Waals surface area (Å²) in [6.07, 6.45) is 0. The van der Waals surface area contributed by atoms with Crippen molar-refractivity contribution in [2.45, 2.75) is 6.92 Å². The molecule has 0 spiro atoms. The minimum atomic E-state index is -0.833. The highest BCUT2D eigenvalue weighted by atomic mass is 16.5. The van der Waals surface area contributed by atoms with Crippen LogP contribution in [0.15, 0.2) is 25.3 Å². The zero-order valence-electron chi connectivity index (χ0n) is 8.86. The topological polar surface area (TPSA) is 116 Å². The summed E-state index contributed by atoms with van der Waals surface area (Å²) >= 11 is 0. The Balaban J connectivity index is -0.000000202. The maximum Gasteiger partial charge on any atom is 0.333 e. The van der Waals surface area contributed by atoms with Gasteiger partial charge in [0.2, 0.25) is 0 Å². The zero-order valence-corrected chi connectivity index (χ0v) is 8.86. The molecule has 0 aliphatic heterocycles. The standard InChI is InChI=1S/C6H10O3.C2H4.CH4N2O/c1-5(2)6(8)9-4-3-7;1-2;2-1(3)4/h7H,1,3-4H2,2H3;1-2H2;(H4,2,3,4). The normalized spacial score (nSPS) is 7.07. The van der Waals surface area contributed by atoms with Crippen LogP contribution in [0.5, 0.6) is 0 Å². The summed E-state index contributed by atoms with van der Waals surface area (Å²) in [7, 11) is 0. The van der Waals surface area contributed by atoms with Gasteiger partial charge >= 0.3 is 12.0 Å². The Morgan fingerprint density at radius 1 is 1.33 bits per heavy atom. The summed E-state index contributed by atoms with van der Waals surface area (Å²) in [5, 5.41) is 8.19. The number of rotatable bonds is 3. The van der Waals surface area contributed by atoms with Crippen LogP contribution in [-0.2, 0) is 9.53 Å². The molecule has 0 atom stereocenters. The van der Waals surface area contributed by atoms with E-state index in [1.807, 2.05) is 0 Å². The Kier molecular flexibility index (Phi) is 18.5. The fraction of sp³-hybridized carbons (Fsp3) is 0.333. The van der Waals surface area contributed by atoms with E-state index in [0.717, 1.165) is 0 Å². The van der Waals surface area contributed by atoms with Gasteiger partial charge in [0, 0.05) is 5.57 Å². The van der Waals surface area contributed by atoms with E-state index in [1.165, 1.54) is 0 Å². The van der Waals surface area contributed by atoms with Gasteiger partial charge in [-0.1, -0.05) is 6.58 Å². The largest absolute Gasteiger partial charge is 0.460 e. The second kappa shape index (κ2) is 14.7. The molecule has 0 radical (unpaired) electrons. The fourth-order valence-corrected chi connectivity index (χ4v) is 0.262. The highest BCUT2D eigenvalue weighted by Gasteiger charge is 1.99. The average Bonchev–Trinajstić information content (AvgIpc) is 2.16. The maximum absolute atomic E-state index is 10.5. The lowest BCUT2D eigenvalue weighted by Crippen LogP contribution is -2.18. The molecule has 0 aliphatic rings. The van der Waals surface area contributed by atoms with Crippen molar-refractivity contribution in [3.05, 3.63) is 25.3 Å². The molecular formula is C9H18N2O4. The molecule has 5 N–H and O–H groups in total. The monoisotopic (exact) mass is 218 g/mol. The van der Waals surface area contributed by atoms with Crippen LogP contribution >= 0.6 is 0 Å². The molecule has 0 fully saturated rings. The molecular weight excluding hydrogens is 200 g/mol. The number of urea groups is 1. The Labute approximate surface area is 89.2 Å². The molecule has 0 rings (SSSR count). The fourth-order valence-electron chi connectivity index (χ4n) is 0.262. The van der Waals surface area contributed by atoms with Crippen molar-refractivity contribution in [2.75, 3.05) is 13.2 Å². The van der Waals surface area contributed by atoms with Gasteiger partial charge in [0.25, 0.3) is 0 Å². The molecule has 0 aromatic rings. The lowest BCUT2D eigenvalue weighted by molar-refractivity contribution is -0.139. The lowest BCUT2D eigenvalue weighted by Gasteiger charge is -1.99. The van der Waals surface area contributed by atoms with Gasteiger partial charge in [0.15, 0.2) is 0 Å². The van der Waals surface area contributed by atoms with Crippen LogP contribution in [0.25, 0.3) is 0 Å². The molecule has 0 bridgehead atoms. The predicted octanol–water partition coefficient (Wildman–Crippen LogP) is -0.0760. The van der Waals surface area contributed by atoms with Gasteiger partial charge < -0.3 is 21.3 Å². The molecule has 15 heavy (non-hydrogen) atoms. The third-order valence-corrected chi connectivity index (χ3v) is 0.673. The number of aliphatic hydroxyl groups is 1. The Morgan fingerprint density at radius 3 is 1.87 bits per heavy atom. The second-order valence-electron chi connectivity index (χ2n) is 2.04. The number of hydrogen-bond donors (Lipinski definition) is 3. The quantitative estimate of drug-likeness (QED) is 0.349. The highest BCUT2D eigenvalue weighted by Crippen LogP contribution is 1.89. The van der Waals surface area contributed by atoms with Crippen LogP contribution in [0.3, 0.4) is 0 Å². The maximum atomic E-state index is 10.5. The van der Waals surface area contributed by atoms with E-state index in [4.69, 9.17) is 9.90 Å². The van der Waals surface area contributed by atoms with Crippen LogP contribution in [-0.4, -0.2) is 30.3 Å². The molecule has 0 aromatic carbocycles. The van der Waals surface area contributed by atoms with E-state index in [1.54, 1.807) is 6.92 Å². The summed E-state index contributed by atoms with van der Waals surface area (Å²) in [5.74, 6) is -0.455. The van der Waals surface area contributed by atoms with Crippen LogP contribution in [0.4, 0.5) is 4.79 Å². The number of nitrogens with two attached hydrogens (primary N) is 2. The highest BCUT2D eigenvalue weighted by molar-refractivity contribution is 5.86. The minimum absolute atomic E-state index is 0.0473. The first-order valence-corrected chi connectivity index (χ1v) is 3.90. The predicted molar refractivity (Wildman–Crippen MR) is 57.9 cm³/mol. The molecule has 0 aliphatic carbocycles. The van der Waals surface area contributed by atoms with Crippen molar-refractivity contribution in [2.24, 2.45) is 11.5 Å².